The minimum atomic E-state index is -4.17. The minimum Gasteiger partial charge on any atom is -0.480 e. The van der Waals surface area contributed by atoms with Gasteiger partial charge in [0.1, 0.15) is 6.04 Å². The highest BCUT2D eigenvalue weighted by Gasteiger charge is 2.28. The Hall–Kier alpha value is -3.66. The second kappa shape index (κ2) is 11.2. The number of hydrogen-bond donors (Lipinski definition) is 3. The number of carbonyl (C=O) groups is 3. The third kappa shape index (κ3) is 6.92. The molecule has 1 aliphatic heterocycles. The Bertz CT molecular complexity index is 1240. The number of nitriles is 1. The molecule has 0 radical (unpaired) electrons. The SMILES string of the molecule is N#Cc1ccc(N2CCN(CC(=O)NC[C@H](NS(=O)(=O)c3ccc(Cl)cc3)C(=O)O)C(=O)C2)cc1. The summed E-state index contributed by atoms with van der Waals surface area (Å²) in [5.74, 6) is -2.40. The zero-order valence-electron chi connectivity index (χ0n) is 18.3. The van der Waals surface area contributed by atoms with Crippen molar-refractivity contribution in [2.75, 3.05) is 37.6 Å². The summed E-state index contributed by atoms with van der Waals surface area (Å²) >= 11 is 5.75. The number of piperazine rings is 1. The van der Waals surface area contributed by atoms with Crippen molar-refractivity contribution in [2.45, 2.75) is 10.9 Å². The summed E-state index contributed by atoms with van der Waals surface area (Å²) in [5, 5.41) is 21.0. The van der Waals surface area contributed by atoms with Crippen LogP contribution in [0.15, 0.2) is 53.4 Å². The summed E-state index contributed by atoms with van der Waals surface area (Å²) in [6, 6.07) is 12.4. The van der Waals surface area contributed by atoms with E-state index in [0.29, 0.717) is 17.1 Å². The Balaban J connectivity index is 1.52. The molecule has 0 bridgehead atoms. The van der Waals surface area contributed by atoms with Gasteiger partial charge in [0.2, 0.25) is 21.8 Å². The van der Waals surface area contributed by atoms with Crippen LogP contribution in [0.5, 0.6) is 0 Å². The van der Waals surface area contributed by atoms with Gasteiger partial charge in [-0.05, 0) is 48.5 Å². The van der Waals surface area contributed by atoms with Gasteiger partial charge in [-0.1, -0.05) is 11.6 Å². The molecule has 0 aromatic heterocycles. The van der Waals surface area contributed by atoms with Crippen LogP contribution in [0.2, 0.25) is 5.02 Å². The third-order valence-corrected chi connectivity index (χ3v) is 6.98. The first-order valence-electron chi connectivity index (χ1n) is 10.4. The van der Waals surface area contributed by atoms with Crippen LogP contribution in [-0.2, 0) is 24.4 Å². The number of nitrogens with one attached hydrogen (secondary N) is 2. The third-order valence-electron chi connectivity index (χ3n) is 5.24. The number of carbonyl (C=O) groups excluding carboxylic acids is 2. The molecule has 2 aromatic rings. The summed E-state index contributed by atoms with van der Waals surface area (Å²) in [4.78, 5) is 39.4. The highest BCUT2D eigenvalue weighted by molar-refractivity contribution is 7.89. The van der Waals surface area contributed by atoms with Crippen molar-refractivity contribution in [3.63, 3.8) is 0 Å². The zero-order chi connectivity index (χ0) is 25.6. The molecular formula is C22H22ClN5O6S. The summed E-state index contributed by atoms with van der Waals surface area (Å²) < 4.78 is 26.9. The maximum absolute atomic E-state index is 12.5. The number of carboxylic acids is 1. The Kier molecular flexibility index (Phi) is 8.29. The molecule has 1 aliphatic rings. The molecule has 2 aromatic carbocycles. The van der Waals surface area contributed by atoms with E-state index >= 15 is 0 Å². The van der Waals surface area contributed by atoms with Gasteiger partial charge in [0.05, 0.1) is 29.6 Å². The number of halogens is 1. The Morgan fingerprint density at radius 2 is 1.77 bits per heavy atom. The molecule has 0 spiro atoms. The number of rotatable bonds is 9. The maximum atomic E-state index is 12.5. The number of nitrogens with zero attached hydrogens (tertiary/aromatic N) is 3. The van der Waals surface area contributed by atoms with E-state index in [9.17, 15) is 27.9 Å². The lowest BCUT2D eigenvalue weighted by Gasteiger charge is -2.35. The van der Waals surface area contributed by atoms with Crippen LogP contribution in [0.4, 0.5) is 5.69 Å². The number of aliphatic carboxylic acids is 1. The largest absolute Gasteiger partial charge is 0.480 e. The Morgan fingerprint density at radius 1 is 1.11 bits per heavy atom. The van der Waals surface area contributed by atoms with Crippen LogP contribution in [0.3, 0.4) is 0 Å². The Labute approximate surface area is 206 Å². The predicted octanol–water partition coefficient (Wildman–Crippen LogP) is 0.408. The minimum absolute atomic E-state index is 0.0395. The van der Waals surface area contributed by atoms with Gasteiger partial charge in [-0.2, -0.15) is 9.98 Å². The number of hydrogen-bond acceptors (Lipinski definition) is 7. The van der Waals surface area contributed by atoms with E-state index in [1.165, 1.54) is 29.2 Å². The van der Waals surface area contributed by atoms with Gasteiger partial charge in [0.15, 0.2) is 0 Å². The van der Waals surface area contributed by atoms with Crippen LogP contribution in [0.25, 0.3) is 0 Å². The second-order valence-electron chi connectivity index (χ2n) is 7.67. The van der Waals surface area contributed by atoms with Crippen LogP contribution in [0, 0.1) is 11.3 Å². The van der Waals surface area contributed by atoms with Crippen molar-refractivity contribution in [1.82, 2.24) is 14.9 Å². The first kappa shape index (κ1) is 26.0. The number of sulfonamides is 1. The van der Waals surface area contributed by atoms with Gasteiger partial charge in [0, 0.05) is 30.3 Å². The first-order chi connectivity index (χ1) is 16.6. The second-order valence-corrected chi connectivity index (χ2v) is 9.82. The topological polar surface area (TPSA) is 160 Å². The van der Waals surface area contributed by atoms with Crippen molar-refractivity contribution in [3.05, 3.63) is 59.1 Å². The van der Waals surface area contributed by atoms with E-state index in [1.54, 1.807) is 24.3 Å². The molecule has 3 N–H and O–H groups in total. The molecule has 0 aliphatic carbocycles. The monoisotopic (exact) mass is 519 g/mol. The van der Waals surface area contributed by atoms with E-state index in [4.69, 9.17) is 16.9 Å². The van der Waals surface area contributed by atoms with Crippen LogP contribution in [0.1, 0.15) is 5.56 Å². The van der Waals surface area contributed by atoms with E-state index in [1.807, 2.05) is 15.7 Å². The molecule has 184 valence electrons. The van der Waals surface area contributed by atoms with Crippen LogP contribution >= 0.6 is 11.6 Å². The fraction of sp³-hybridized carbons (Fsp3) is 0.273. The average Bonchev–Trinajstić information content (AvgIpc) is 2.83. The normalized spacial score (nSPS) is 14.8. The van der Waals surface area contributed by atoms with Crippen LogP contribution in [-0.4, -0.2) is 75.0 Å². The molecule has 13 heteroatoms. The van der Waals surface area contributed by atoms with Crippen molar-refractivity contribution < 1.29 is 27.9 Å². The molecule has 35 heavy (non-hydrogen) atoms. The highest BCUT2D eigenvalue weighted by atomic mass is 35.5. The summed E-state index contributed by atoms with van der Waals surface area (Å²) in [5.41, 5.74) is 1.28. The summed E-state index contributed by atoms with van der Waals surface area (Å²) in [6.07, 6.45) is 0. The molecular weight excluding hydrogens is 498 g/mol. The lowest BCUT2D eigenvalue weighted by molar-refractivity contribution is -0.139. The molecule has 0 saturated carbocycles. The van der Waals surface area contributed by atoms with Crippen molar-refractivity contribution in [3.8, 4) is 6.07 Å². The number of benzene rings is 2. The molecule has 11 nitrogen and oxygen atoms in total. The van der Waals surface area contributed by atoms with Gasteiger partial charge in [-0.3, -0.25) is 14.4 Å². The molecule has 3 rings (SSSR count). The quantitative estimate of drug-likeness (QED) is 0.429. The Morgan fingerprint density at radius 3 is 2.34 bits per heavy atom. The predicted molar refractivity (Wildman–Crippen MR) is 126 cm³/mol. The lowest BCUT2D eigenvalue weighted by atomic mass is 10.2. The highest BCUT2D eigenvalue weighted by Crippen LogP contribution is 2.18. The zero-order valence-corrected chi connectivity index (χ0v) is 19.9. The number of amides is 2. The van der Waals surface area contributed by atoms with E-state index in [0.717, 1.165) is 5.69 Å². The van der Waals surface area contributed by atoms with E-state index in [2.05, 4.69) is 5.32 Å². The van der Waals surface area contributed by atoms with Crippen molar-refractivity contribution in [1.29, 1.82) is 5.26 Å². The van der Waals surface area contributed by atoms with Gasteiger partial charge >= 0.3 is 5.97 Å². The summed E-state index contributed by atoms with van der Waals surface area (Å²) in [6.45, 7) is -0.0457. The summed E-state index contributed by atoms with van der Waals surface area (Å²) in [7, 11) is -4.17. The smallest absolute Gasteiger partial charge is 0.323 e. The van der Waals surface area contributed by atoms with Gasteiger partial charge in [0.25, 0.3) is 0 Å². The fourth-order valence-corrected chi connectivity index (χ4v) is 4.65. The molecule has 1 saturated heterocycles. The molecule has 0 unspecified atom stereocenters. The van der Waals surface area contributed by atoms with Gasteiger partial charge < -0.3 is 20.2 Å². The molecule has 2 amide bonds. The average molecular weight is 520 g/mol. The molecule has 1 atom stereocenters. The van der Waals surface area contributed by atoms with Crippen LogP contribution < -0.4 is 14.9 Å². The van der Waals surface area contributed by atoms with Crippen molar-refractivity contribution >= 4 is 45.1 Å². The first-order valence-corrected chi connectivity index (χ1v) is 12.3. The fourth-order valence-electron chi connectivity index (χ4n) is 3.34. The van der Waals surface area contributed by atoms with E-state index in [-0.39, 0.29) is 30.4 Å². The molecule has 1 fully saturated rings. The molecule has 1 heterocycles. The maximum Gasteiger partial charge on any atom is 0.323 e. The van der Waals surface area contributed by atoms with E-state index < -0.39 is 34.5 Å². The van der Waals surface area contributed by atoms with Gasteiger partial charge in [-0.15, -0.1) is 0 Å². The lowest BCUT2D eigenvalue weighted by Crippen LogP contribution is -2.54. The number of carboxylic acid groups (broad SMARTS) is 1. The van der Waals surface area contributed by atoms with Gasteiger partial charge in [-0.25, -0.2) is 8.42 Å². The standard InChI is InChI=1S/C22H22ClN5O6S/c23-16-3-7-18(8-4-16)35(33,34)26-19(22(31)32)12-25-20(29)13-28-10-9-27(14-21(28)30)17-5-1-15(11-24)2-6-17/h1-8,19,26H,9-10,12-14H2,(H,25,29)(H,31,32)/t19-/m0/s1. The van der Waals surface area contributed by atoms with Crippen molar-refractivity contribution in [2.24, 2.45) is 0 Å². The number of anilines is 1.